The number of carbonyl (C=O) groups excluding carboxylic acids is 1. The highest BCUT2D eigenvalue weighted by molar-refractivity contribution is 7.98. The molecule has 18 heavy (non-hydrogen) atoms. The zero-order chi connectivity index (χ0) is 13.8. The molecule has 0 aromatic carbocycles. The van der Waals surface area contributed by atoms with Gasteiger partial charge in [-0.15, -0.1) is 0 Å². The van der Waals surface area contributed by atoms with E-state index in [0.717, 1.165) is 6.04 Å². The van der Waals surface area contributed by atoms with E-state index in [-0.39, 0.29) is 0 Å². The molecule has 1 atom stereocenters. The Kier molecular flexibility index (Phi) is 10.6. The average molecular weight is 274 g/mol. The summed E-state index contributed by atoms with van der Waals surface area (Å²) in [4.78, 5) is 12.6. The molecular weight excluding hydrogens is 252 g/mol. The molecule has 1 fully saturated rings. The lowest BCUT2D eigenvalue weighted by atomic mass is 9.97. The number of hydrogen-bond acceptors (Lipinski definition) is 4. The highest BCUT2D eigenvalue weighted by Crippen LogP contribution is 2.13. The third-order valence-electron chi connectivity index (χ3n) is 2.78. The maximum Gasteiger partial charge on any atom is 0.0843 e. The highest BCUT2D eigenvalue weighted by atomic mass is 32.2. The number of carboxylic acid groups (broad SMARTS) is 1. The number of carboxylic acids is 1. The Morgan fingerprint density at radius 3 is 2.50 bits per heavy atom. The predicted molar refractivity (Wildman–Crippen MR) is 70.7 cm³/mol. The summed E-state index contributed by atoms with van der Waals surface area (Å²) in [5.41, 5.74) is 11.9. The van der Waals surface area contributed by atoms with Gasteiger partial charge in [0.15, 0.2) is 0 Å². The van der Waals surface area contributed by atoms with Crippen molar-refractivity contribution in [3.63, 3.8) is 0 Å². The molecule has 1 aliphatic carbocycles. The number of quaternary nitrogens is 1. The van der Waals surface area contributed by atoms with Gasteiger partial charge in [0.25, 0.3) is 0 Å². The van der Waals surface area contributed by atoms with Gasteiger partial charge in [0, 0.05) is 4.91 Å². The summed E-state index contributed by atoms with van der Waals surface area (Å²) in [5, 5.41) is 13.3. The van der Waals surface area contributed by atoms with Gasteiger partial charge in [-0.3, -0.25) is 0 Å². The number of thioether (sulfide) groups is 1. The number of azide groups is 1. The molecule has 0 heterocycles. The molecule has 0 amide bonds. The van der Waals surface area contributed by atoms with E-state index in [4.69, 9.17) is 5.53 Å². The molecule has 1 saturated carbocycles. The van der Waals surface area contributed by atoms with Crippen LogP contribution in [0.2, 0.25) is 0 Å². The summed E-state index contributed by atoms with van der Waals surface area (Å²) in [5.74, 6) is -0.658. The molecule has 104 valence electrons. The van der Waals surface area contributed by atoms with Crippen molar-refractivity contribution >= 4 is 17.7 Å². The second kappa shape index (κ2) is 11.2. The van der Waals surface area contributed by atoms with Crippen molar-refractivity contribution in [3.8, 4) is 0 Å². The average Bonchev–Trinajstić information content (AvgIpc) is 2.36. The van der Waals surface area contributed by atoms with E-state index >= 15 is 0 Å². The molecule has 3 N–H and O–H groups in total. The third-order valence-corrected chi connectivity index (χ3v) is 3.43. The predicted octanol–water partition coefficient (Wildman–Crippen LogP) is 0.729. The molecular formula is C11H22N4O2S. The molecule has 0 aromatic rings. The summed E-state index contributed by atoms with van der Waals surface area (Å²) in [6, 6.07) is -0.235. The zero-order valence-electron chi connectivity index (χ0n) is 10.9. The minimum absolute atomic E-state index is 0.327. The van der Waals surface area contributed by atoms with Crippen LogP contribution in [0.25, 0.3) is 10.4 Å². The van der Waals surface area contributed by atoms with E-state index in [1.165, 1.54) is 43.9 Å². The van der Waals surface area contributed by atoms with Crippen molar-refractivity contribution in [2.24, 2.45) is 5.11 Å². The van der Waals surface area contributed by atoms with Gasteiger partial charge in [0.2, 0.25) is 0 Å². The monoisotopic (exact) mass is 274 g/mol. The standard InChI is InChI=1S/C6H13N.C5H9N3O2S/c7-6-4-2-1-3-5-6;1-11-3-2-4(5(9)10)7-8-6/h6H,1-5,7H2;4H,2-3H2,1H3,(H,9,10). The van der Waals surface area contributed by atoms with E-state index in [1.807, 2.05) is 6.26 Å². The number of rotatable bonds is 5. The first-order valence-corrected chi connectivity index (χ1v) is 7.58. The van der Waals surface area contributed by atoms with Crippen LogP contribution in [-0.4, -0.2) is 30.1 Å². The fourth-order valence-electron chi connectivity index (χ4n) is 1.70. The molecule has 0 aliphatic heterocycles. The number of nitrogens with zero attached hydrogens (tertiary/aromatic N) is 3. The highest BCUT2D eigenvalue weighted by Gasteiger charge is 2.09. The Balaban J connectivity index is 0.000000351. The number of carbonyl (C=O) groups is 1. The van der Waals surface area contributed by atoms with Crippen molar-refractivity contribution in [1.82, 2.24) is 0 Å². The van der Waals surface area contributed by atoms with Crippen LogP contribution in [0.3, 0.4) is 0 Å². The molecule has 0 aromatic heterocycles. The van der Waals surface area contributed by atoms with E-state index in [1.54, 1.807) is 0 Å². The Hall–Kier alpha value is -0.910. The number of hydrogen-bond donors (Lipinski definition) is 1. The summed E-state index contributed by atoms with van der Waals surface area (Å²) in [6.07, 6.45) is 9.23. The maximum absolute atomic E-state index is 10.2. The molecule has 7 heteroatoms. The second-order valence-corrected chi connectivity index (χ2v) is 5.31. The van der Waals surface area contributed by atoms with Crippen molar-refractivity contribution < 1.29 is 15.6 Å². The van der Waals surface area contributed by atoms with Crippen LogP contribution in [0.1, 0.15) is 38.5 Å². The van der Waals surface area contributed by atoms with Crippen molar-refractivity contribution in [1.29, 1.82) is 0 Å². The molecule has 0 radical (unpaired) electrons. The lowest BCUT2D eigenvalue weighted by Gasteiger charge is -2.12. The van der Waals surface area contributed by atoms with Gasteiger partial charge in [-0.05, 0) is 49.6 Å². The lowest BCUT2D eigenvalue weighted by Crippen LogP contribution is -2.61. The first-order chi connectivity index (χ1) is 8.61. The Morgan fingerprint density at radius 2 is 2.17 bits per heavy atom. The van der Waals surface area contributed by atoms with E-state index < -0.39 is 12.0 Å². The van der Waals surface area contributed by atoms with Gasteiger partial charge in [0.1, 0.15) is 0 Å². The SMILES string of the molecule is CSCCC(N=[N+]=[N-])C(=O)[O-].[NH3+]C1CCCCC1. The molecule has 0 spiro atoms. The van der Waals surface area contributed by atoms with Crippen LogP contribution in [0.15, 0.2) is 5.11 Å². The third kappa shape index (κ3) is 9.15. The van der Waals surface area contributed by atoms with E-state index in [9.17, 15) is 9.90 Å². The summed E-state index contributed by atoms with van der Waals surface area (Å²) in [7, 11) is 0. The molecule has 1 unspecified atom stereocenters. The Labute approximate surface area is 112 Å². The fraction of sp³-hybridized carbons (Fsp3) is 0.909. The molecule has 0 bridgehead atoms. The Morgan fingerprint density at radius 1 is 1.56 bits per heavy atom. The topological polar surface area (TPSA) is 117 Å². The quantitative estimate of drug-likeness (QED) is 0.452. The van der Waals surface area contributed by atoms with E-state index in [0.29, 0.717) is 12.2 Å². The van der Waals surface area contributed by atoms with E-state index in [2.05, 4.69) is 15.8 Å². The Bertz CT molecular complexity index is 274. The lowest BCUT2D eigenvalue weighted by molar-refractivity contribution is -0.425. The van der Waals surface area contributed by atoms with Crippen molar-refractivity contribution in [2.75, 3.05) is 12.0 Å². The van der Waals surface area contributed by atoms with Crippen LogP contribution in [0, 0.1) is 0 Å². The maximum atomic E-state index is 10.2. The van der Waals surface area contributed by atoms with Gasteiger partial charge in [-0.2, -0.15) is 11.8 Å². The fourth-order valence-corrected chi connectivity index (χ4v) is 2.16. The minimum atomic E-state index is -1.31. The van der Waals surface area contributed by atoms with Crippen LogP contribution in [-0.2, 0) is 4.79 Å². The van der Waals surface area contributed by atoms with Gasteiger partial charge >= 0.3 is 0 Å². The van der Waals surface area contributed by atoms with Crippen LogP contribution < -0.4 is 10.8 Å². The van der Waals surface area contributed by atoms with Crippen molar-refractivity contribution in [3.05, 3.63) is 10.4 Å². The van der Waals surface area contributed by atoms with Crippen molar-refractivity contribution in [2.45, 2.75) is 50.6 Å². The molecule has 1 rings (SSSR count). The summed E-state index contributed by atoms with van der Waals surface area (Å²) >= 11 is 1.50. The van der Waals surface area contributed by atoms with Gasteiger partial charge in [0.05, 0.1) is 18.1 Å². The first-order valence-electron chi connectivity index (χ1n) is 6.19. The second-order valence-electron chi connectivity index (χ2n) is 4.33. The van der Waals surface area contributed by atoms with Gasteiger partial charge < -0.3 is 15.6 Å². The van der Waals surface area contributed by atoms with Crippen LogP contribution >= 0.6 is 11.8 Å². The molecule has 0 saturated heterocycles. The van der Waals surface area contributed by atoms with Gasteiger partial charge in [-0.25, -0.2) is 0 Å². The van der Waals surface area contributed by atoms with Crippen LogP contribution in [0.5, 0.6) is 0 Å². The molecule has 6 nitrogen and oxygen atoms in total. The summed E-state index contributed by atoms with van der Waals surface area (Å²) < 4.78 is 0. The zero-order valence-corrected chi connectivity index (χ0v) is 11.7. The summed E-state index contributed by atoms with van der Waals surface area (Å²) in [6.45, 7) is 0. The minimum Gasteiger partial charge on any atom is -0.550 e. The smallest absolute Gasteiger partial charge is 0.0843 e. The molecule has 1 aliphatic rings. The largest absolute Gasteiger partial charge is 0.550 e. The van der Waals surface area contributed by atoms with Crippen LogP contribution in [0.4, 0.5) is 0 Å². The number of aliphatic carboxylic acids is 1. The first kappa shape index (κ1) is 17.1. The normalized spacial score (nSPS) is 17.0. The van der Waals surface area contributed by atoms with Gasteiger partial charge in [-0.1, -0.05) is 11.5 Å².